The molecule has 0 radical (unpaired) electrons. The molecule has 0 aliphatic carbocycles. The number of ether oxygens (including phenoxy) is 1. The maximum absolute atomic E-state index is 10.7. The van der Waals surface area contributed by atoms with E-state index in [0.717, 1.165) is 4.90 Å². The van der Waals surface area contributed by atoms with Crippen LogP contribution >= 0.6 is 0 Å². The van der Waals surface area contributed by atoms with Crippen molar-refractivity contribution >= 4 is 6.03 Å². The van der Waals surface area contributed by atoms with Gasteiger partial charge in [-0.15, -0.1) is 0 Å². The molecule has 0 bridgehead atoms. The summed E-state index contributed by atoms with van der Waals surface area (Å²) in [5.74, 6) is 0. The zero-order valence-corrected chi connectivity index (χ0v) is 7.70. The van der Waals surface area contributed by atoms with Gasteiger partial charge in [0.15, 0.2) is 6.23 Å². The molecule has 0 spiro atoms. The summed E-state index contributed by atoms with van der Waals surface area (Å²) in [6.07, 6.45) is -4.38. The average Bonchev–Trinajstić information content (AvgIpc) is 2.43. The van der Waals surface area contributed by atoms with E-state index in [2.05, 4.69) is 0 Å². The molecule has 5 N–H and O–H groups in total. The van der Waals surface area contributed by atoms with Crippen LogP contribution in [-0.2, 0) is 4.74 Å². The molecule has 1 heterocycles. The van der Waals surface area contributed by atoms with E-state index < -0.39 is 37.2 Å². The lowest BCUT2D eigenvalue weighted by molar-refractivity contribution is -0.0703. The van der Waals surface area contributed by atoms with Crippen LogP contribution in [-0.4, -0.2) is 64.4 Å². The third kappa shape index (κ3) is 1.80. The number of carbonyl (C=O) groups excluding carboxylic acids is 1. The van der Waals surface area contributed by atoms with E-state index in [1.54, 1.807) is 0 Å². The zero-order chi connectivity index (χ0) is 10.9. The van der Waals surface area contributed by atoms with Crippen LogP contribution in [0.5, 0.6) is 0 Å². The van der Waals surface area contributed by atoms with Gasteiger partial charge >= 0.3 is 6.03 Å². The molecule has 7 heteroatoms. The van der Waals surface area contributed by atoms with Crippen LogP contribution in [0.2, 0.25) is 0 Å². The van der Waals surface area contributed by atoms with Crippen molar-refractivity contribution in [3.63, 3.8) is 0 Å². The van der Waals surface area contributed by atoms with Crippen molar-refractivity contribution in [2.45, 2.75) is 24.5 Å². The first-order valence-corrected chi connectivity index (χ1v) is 4.13. The lowest BCUT2D eigenvalue weighted by Crippen LogP contribution is -2.47. The second kappa shape index (κ2) is 4.09. The molecule has 2 amide bonds. The molecule has 0 aromatic rings. The second-order valence-electron chi connectivity index (χ2n) is 3.18. The standard InChI is InChI=1S/C7H14N2O5/c1-9(7(8)13)6-5(12)4(11)3(2-10)14-6/h3-6,10-12H,2H2,1H3,(H2,8,13)/t3-,4-,5-,6?/m1/s1. The maximum Gasteiger partial charge on any atom is 0.316 e. The maximum atomic E-state index is 10.7. The van der Waals surface area contributed by atoms with Gasteiger partial charge in [0, 0.05) is 7.05 Å². The van der Waals surface area contributed by atoms with E-state index in [0.29, 0.717) is 0 Å². The van der Waals surface area contributed by atoms with E-state index in [1.165, 1.54) is 7.05 Å². The van der Waals surface area contributed by atoms with Crippen molar-refractivity contribution in [1.29, 1.82) is 0 Å². The first kappa shape index (κ1) is 11.2. The summed E-state index contributed by atoms with van der Waals surface area (Å²) in [4.78, 5) is 11.7. The fourth-order valence-electron chi connectivity index (χ4n) is 1.33. The number of rotatable bonds is 2. The van der Waals surface area contributed by atoms with Crippen LogP contribution in [0, 0.1) is 0 Å². The molecule has 1 unspecified atom stereocenters. The predicted molar refractivity (Wildman–Crippen MR) is 45.1 cm³/mol. The van der Waals surface area contributed by atoms with Gasteiger partial charge in [0.1, 0.15) is 18.3 Å². The van der Waals surface area contributed by atoms with Crippen molar-refractivity contribution in [3.05, 3.63) is 0 Å². The Balaban J connectivity index is 2.69. The van der Waals surface area contributed by atoms with Gasteiger partial charge in [-0.3, -0.25) is 4.90 Å². The highest BCUT2D eigenvalue weighted by molar-refractivity contribution is 5.71. The first-order chi connectivity index (χ1) is 6.49. The topological polar surface area (TPSA) is 116 Å². The number of likely N-dealkylation sites (N-methyl/N-ethyl adjacent to an activating group) is 1. The SMILES string of the molecule is CN(C(N)=O)C1O[C@H](CO)[C@@H](O)[C@H]1O. The van der Waals surface area contributed by atoms with E-state index >= 15 is 0 Å². The fraction of sp³-hybridized carbons (Fsp3) is 0.857. The minimum Gasteiger partial charge on any atom is -0.394 e. The molecule has 0 aromatic carbocycles. The first-order valence-electron chi connectivity index (χ1n) is 4.13. The Kier molecular flexibility index (Phi) is 3.27. The molecular formula is C7H14N2O5. The van der Waals surface area contributed by atoms with E-state index in [9.17, 15) is 15.0 Å². The fourth-order valence-corrected chi connectivity index (χ4v) is 1.33. The predicted octanol–water partition coefficient (Wildman–Crippen LogP) is -2.56. The Morgan fingerprint density at radius 2 is 2.07 bits per heavy atom. The Morgan fingerprint density at radius 1 is 1.50 bits per heavy atom. The number of nitrogens with two attached hydrogens (primary N) is 1. The van der Waals surface area contributed by atoms with Crippen molar-refractivity contribution in [3.8, 4) is 0 Å². The molecule has 1 rings (SSSR count). The highest BCUT2D eigenvalue weighted by atomic mass is 16.6. The van der Waals surface area contributed by atoms with Crippen molar-refractivity contribution in [1.82, 2.24) is 4.90 Å². The molecule has 4 atom stereocenters. The smallest absolute Gasteiger partial charge is 0.316 e. The van der Waals surface area contributed by atoms with Gasteiger partial charge in [-0.1, -0.05) is 0 Å². The summed E-state index contributed by atoms with van der Waals surface area (Å²) < 4.78 is 5.03. The zero-order valence-electron chi connectivity index (χ0n) is 7.70. The molecule has 14 heavy (non-hydrogen) atoms. The Hall–Kier alpha value is -0.890. The summed E-state index contributed by atoms with van der Waals surface area (Å²) in [6.45, 7) is -0.429. The van der Waals surface area contributed by atoms with Crippen LogP contribution in [0.25, 0.3) is 0 Å². The highest BCUT2D eigenvalue weighted by Crippen LogP contribution is 2.22. The van der Waals surface area contributed by atoms with Gasteiger partial charge in [0.25, 0.3) is 0 Å². The number of aliphatic hydroxyl groups is 3. The van der Waals surface area contributed by atoms with Gasteiger partial charge in [0.05, 0.1) is 6.61 Å². The summed E-state index contributed by atoms with van der Waals surface area (Å²) in [5, 5.41) is 27.5. The summed E-state index contributed by atoms with van der Waals surface area (Å²) in [5.41, 5.74) is 4.96. The van der Waals surface area contributed by atoms with E-state index in [-0.39, 0.29) is 0 Å². The summed E-state index contributed by atoms with van der Waals surface area (Å²) >= 11 is 0. The number of carbonyl (C=O) groups is 1. The van der Waals surface area contributed by atoms with Gasteiger partial charge in [0.2, 0.25) is 0 Å². The number of amides is 2. The van der Waals surface area contributed by atoms with Crippen LogP contribution in [0.15, 0.2) is 0 Å². The minimum atomic E-state index is -1.26. The normalized spacial score (nSPS) is 37.1. The van der Waals surface area contributed by atoms with Crippen molar-refractivity contribution in [2.75, 3.05) is 13.7 Å². The second-order valence-corrected chi connectivity index (χ2v) is 3.18. The molecule has 7 nitrogen and oxygen atoms in total. The monoisotopic (exact) mass is 206 g/mol. The molecule has 1 aliphatic heterocycles. The van der Waals surface area contributed by atoms with Gasteiger partial charge in [-0.05, 0) is 0 Å². The van der Waals surface area contributed by atoms with Crippen molar-refractivity contribution < 1.29 is 24.9 Å². The molecule has 1 fully saturated rings. The number of primary amides is 1. The highest BCUT2D eigenvalue weighted by Gasteiger charge is 2.45. The number of hydrogen-bond donors (Lipinski definition) is 4. The number of nitrogens with zero attached hydrogens (tertiary/aromatic N) is 1. The molecule has 1 aliphatic rings. The van der Waals surface area contributed by atoms with Crippen LogP contribution < -0.4 is 5.73 Å². The van der Waals surface area contributed by atoms with Gasteiger partial charge in [-0.2, -0.15) is 0 Å². The number of urea groups is 1. The Labute approximate surface area is 80.7 Å². The lowest BCUT2D eigenvalue weighted by Gasteiger charge is -2.24. The van der Waals surface area contributed by atoms with Crippen LogP contribution in [0.4, 0.5) is 4.79 Å². The van der Waals surface area contributed by atoms with Crippen LogP contribution in [0.3, 0.4) is 0 Å². The number of hydrogen-bond acceptors (Lipinski definition) is 5. The van der Waals surface area contributed by atoms with E-state index in [1.807, 2.05) is 0 Å². The van der Waals surface area contributed by atoms with E-state index in [4.69, 9.17) is 15.6 Å². The number of aliphatic hydroxyl groups excluding tert-OH is 3. The van der Waals surface area contributed by atoms with Crippen LogP contribution in [0.1, 0.15) is 0 Å². The molecular weight excluding hydrogens is 192 g/mol. The van der Waals surface area contributed by atoms with Gasteiger partial charge in [-0.25, -0.2) is 4.79 Å². The summed E-state index contributed by atoms with van der Waals surface area (Å²) in [6, 6.07) is -0.778. The molecule has 0 saturated carbocycles. The van der Waals surface area contributed by atoms with Crippen molar-refractivity contribution in [2.24, 2.45) is 5.73 Å². The largest absolute Gasteiger partial charge is 0.394 e. The minimum absolute atomic E-state index is 0.429. The third-order valence-corrected chi connectivity index (χ3v) is 2.25. The van der Waals surface area contributed by atoms with Gasteiger partial charge < -0.3 is 25.8 Å². The Bertz CT molecular complexity index is 224. The molecule has 0 aromatic heterocycles. The average molecular weight is 206 g/mol. The Morgan fingerprint density at radius 3 is 2.43 bits per heavy atom. The molecule has 1 saturated heterocycles. The quantitative estimate of drug-likeness (QED) is 0.396. The lowest BCUT2D eigenvalue weighted by atomic mass is 10.1. The molecule has 82 valence electrons. The summed E-state index contributed by atoms with van der Waals surface area (Å²) in [7, 11) is 1.34. The third-order valence-electron chi connectivity index (χ3n) is 2.25.